The third-order valence-corrected chi connectivity index (χ3v) is 19.5. The van der Waals surface area contributed by atoms with E-state index in [2.05, 4.69) is 43.5 Å². The van der Waals surface area contributed by atoms with Gasteiger partial charge in [-0.25, -0.2) is 0 Å². The van der Waals surface area contributed by atoms with Crippen LogP contribution in [0.4, 0.5) is 0 Å². The Morgan fingerprint density at radius 3 is 0.865 bits per heavy atom. The van der Waals surface area contributed by atoms with Crippen molar-refractivity contribution < 1.29 is 24.5 Å². The van der Waals surface area contributed by atoms with E-state index in [4.69, 9.17) is 4.74 Å². The van der Waals surface area contributed by atoms with Gasteiger partial charge in [0, 0.05) is 12.8 Å². The highest BCUT2D eigenvalue weighted by Crippen LogP contribution is 2.21. The molecule has 0 radical (unpaired) electrons. The lowest BCUT2D eigenvalue weighted by atomic mass is 10.0. The van der Waals surface area contributed by atoms with Gasteiger partial charge >= 0.3 is 5.97 Å². The number of allylic oxidation sites excluding steroid dienone is 4. The number of aliphatic hydroxyl groups is 2. The Bertz CT molecular complexity index is 1400. The summed E-state index contributed by atoms with van der Waals surface area (Å²) in [5.41, 5.74) is 0. The molecule has 0 fully saturated rings. The maximum Gasteiger partial charge on any atom is 0.305 e. The van der Waals surface area contributed by atoms with Crippen LogP contribution in [0.15, 0.2) is 24.3 Å². The van der Waals surface area contributed by atoms with Gasteiger partial charge in [-0.1, -0.05) is 423 Å². The van der Waals surface area contributed by atoms with Gasteiger partial charge in [0.1, 0.15) is 0 Å². The first-order valence-corrected chi connectivity index (χ1v) is 41.1. The molecule has 89 heavy (non-hydrogen) atoms. The minimum atomic E-state index is -0.663. The third kappa shape index (κ3) is 75.3. The van der Waals surface area contributed by atoms with Crippen molar-refractivity contribution in [1.29, 1.82) is 0 Å². The number of amides is 1. The number of aliphatic hydroxyl groups excluding tert-OH is 2. The monoisotopic (exact) mass is 1250 g/mol. The van der Waals surface area contributed by atoms with Crippen molar-refractivity contribution in [2.75, 3.05) is 13.2 Å². The number of unbranched alkanes of at least 4 members (excludes halogenated alkanes) is 63. The van der Waals surface area contributed by atoms with Crippen LogP contribution in [0.25, 0.3) is 0 Å². The zero-order chi connectivity index (χ0) is 64.2. The van der Waals surface area contributed by atoms with Crippen molar-refractivity contribution >= 4 is 11.9 Å². The van der Waals surface area contributed by atoms with Gasteiger partial charge in [-0.2, -0.15) is 0 Å². The van der Waals surface area contributed by atoms with Crippen LogP contribution >= 0.6 is 0 Å². The number of hydrogen-bond donors (Lipinski definition) is 3. The minimum absolute atomic E-state index is 0.0145. The summed E-state index contributed by atoms with van der Waals surface area (Å²) < 4.78 is 5.51. The highest BCUT2D eigenvalue weighted by molar-refractivity contribution is 5.76. The molecule has 0 rings (SSSR count). The predicted molar refractivity (Wildman–Crippen MR) is 393 cm³/mol. The first kappa shape index (κ1) is 87.3. The van der Waals surface area contributed by atoms with Crippen LogP contribution in [0, 0.1) is 0 Å². The van der Waals surface area contributed by atoms with Gasteiger partial charge in [-0.3, -0.25) is 9.59 Å². The molecule has 0 aliphatic rings. The van der Waals surface area contributed by atoms with Gasteiger partial charge < -0.3 is 20.3 Å². The molecular formula is C83H161NO5. The first-order valence-electron chi connectivity index (χ1n) is 41.1. The van der Waals surface area contributed by atoms with Gasteiger partial charge in [0.05, 0.1) is 25.4 Å². The van der Waals surface area contributed by atoms with Crippen LogP contribution in [-0.4, -0.2) is 47.4 Å². The quantitative estimate of drug-likeness (QED) is 0.0320. The first-order chi connectivity index (χ1) is 44.0. The molecule has 0 saturated heterocycles. The maximum absolute atomic E-state index is 12.6. The van der Waals surface area contributed by atoms with Crippen LogP contribution in [0.1, 0.15) is 470 Å². The van der Waals surface area contributed by atoms with Crippen molar-refractivity contribution in [2.24, 2.45) is 0 Å². The molecule has 0 aliphatic carbocycles. The fraction of sp³-hybridized carbons (Fsp3) is 0.928. The summed E-state index contributed by atoms with van der Waals surface area (Å²) >= 11 is 0. The molecule has 3 N–H and O–H groups in total. The molecule has 2 atom stereocenters. The number of carbonyl (C=O) groups excluding carboxylic acids is 2. The molecule has 0 saturated carbocycles. The van der Waals surface area contributed by atoms with Crippen molar-refractivity contribution in [3.63, 3.8) is 0 Å². The average molecular weight is 1250 g/mol. The van der Waals surface area contributed by atoms with E-state index in [1.165, 1.54) is 385 Å². The third-order valence-electron chi connectivity index (χ3n) is 19.5. The Kier molecular flexibility index (Phi) is 77.3. The second-order valence-corrected chi connectivity index (χ2v) is 28.5. The molecular weight excluding hydrogens is 1090 g/mol. The van der Waals surface area contributed by atoms with E-state index in [0.717, 1.165) is 51.4 Å². The summed E-state index contributed by atoms with van der Waals surface area (Å²) in [4.78, 5) is 24.7. The standard InChI is InChI=1S/C83H161NO5/c1-3-5-7-9-11-13-15-17-19-21-23-24-34-37-40-43-47-51-55-59-63-67-71-75-81(86)80(79-85)84-82(87)76-72-68-64-60-56-52-48-44-41-38-35-32-30-28-26-25-27-29-31-33-36-39-42-46-50-54-58-62-66-70-74-78-89-83(88)77-73-69-65-61-57-53-49-45-22-20-18-16-14-12-10-8-6-4-2/h14,16,20,22,80-81,85-86H,3-13,15,17-19,21,23-79H2,1-2H3,(H,84,87)/b16-14-,22-20-. The molecule has 528 valence electrons. The molecule has 0 heterocycles. The number of hydrogen-bond acceptors (Lipinski definition) is 5. The van der Waals surface area contributed by atoms with E-state index in [0.29, 0.717) is 25.9 Å². The van der Waals surface area contributed by atoms with Gasteiger partial charge in [-0.15, -0.1) is 0 Å². The minimum Gasteiger partial charge on any atom is -0.466 e. The summed E-state index contributed by atoms with van der Waals surface area (Å²) in [6.07, 6.45) is 101. The number of nitrogens with one attached hydrogen (secondary N) is 1. The fourth-order valence-corrected chi connectivity index (χ4v) is 13.3. The lowest BCUT2D eigenvalue weighted by Crippen LogP contribution is -2.45. The van der Waals surface area contributed by atoms with E-state index < -0.39 is 12.1 Å². The SMILES string of the molecule is CCCCCC/C=C\C/C=C\CCCCCCCCCC(=O)OCCCCCCCCCCCCCCCCCCCCCCCCCCCCCCCCCC(=O)NC(CO)C(O)CCCCCCCCCCCCCCCCCCCCCCCCC. The molecule has 1 amide bonds. The Morgan fingerprint density at radius 1 is 0.315 bits per heavy atom. The van der Waals surface area contributed by atoms with Gasteiger partial charge in [0.25, 0.3) is 0 Å². The highest BCUT2D eigenvalue weighted by atomic mass is 16.5. The van der Waals surface area contributed by atoms with E-state index in [1.54, 1.807) is 0 Å². The normalized spacial score (nSPS) is 12.5. The molecule has 2 unspecified atom stereocenters. The zero-order valence-corrected chi connectivity index (χ0v) is 60.7. The second-order valence-electron chi connectivity index (χ2n) is 28.5. The number of carbonyl (C=O) groups is 2. The van der Waals surface area contributed by atoms with Crippen LogP contribution in [0.3, 0.4) is 0 Å². The molecule has 0 bridgehead atoms. The summed E-state index contributed by atoms with van der Waals surface area (Å²) in [6.45, 7) is 4.99. The molecule has 0 aromatic carbocycles. The fourth-order valence-electron chi connectivity index (χ4n) is 13.3. The van der Waals surface area contributed by atoms with Crippen molar-refractivity contribution in [2.45, 2.75) is 482 Å². The molecule has 0 spiro atoms. The summed E-state index contributed by atoms with van der Waals surface area (Å²) in [5.74, 6) is -0.0104. The lowest BCUT2D eigenvalue weighted by molar-refractivity contribution is -0.143. The van der Waals surface area contributed by atoms with Crippen molar-refractivity contribution in [1.82, 2.24) is 5.32 Å². The van der Waals surface area contributed by atoms with Crippen molar-refractivity contribution in [3.8, 4) is 0 Å². The van der Waals surface area contributed by atoms with Crippen LogP contribution in [0.2, 0.25) is 0 Å². The molecule has 0 aromatic rings. The van der Waals surface area contributed by atoms with Gasteiger partial charge in [0.2, 0.25) is 5.91 Å². The maximum atomic E-state index is 12.6. The molecule has 6 nitrogen and oxygen atoms in total. The van der Waals surface area contributed by atoms with Crippen LogP contribution in [0.5, 0.6) is 0 Å². The van der Waals surface area contributed by atoms with E-state index in [1.807, 2.05) is 0 Å². The molecule has 6 heteroatoms. The Labute approximate surface area is 558 Å². The largest absolute Gasteiger partial charge is 0.466 e. The summed E-state index contributed by atoms with van der Waals surface area (Å²) in [5, 5.41) is 23.5. The second kappa shape index (κ2) is 78.8. The summed E-state index contributed by atoms with van der Waals surface area (Å²) in [7, 11) is 0. The molecule has 0 aliphatic heterocycles. The van der Waals surface area contributed by atoms with Gasteiger partial charge in [-0.05, 0) is 57.8 Å². The average Bonchev–Trinajstić information content (AvgIpc) is 3.60. The topological polar surface area (TPSA) is 95.9 Å². The van der Waals surface area contributed by atoms with Crippen LogP contribution < -0.4 is 5.32 Å². The Hall–Kier alpha value is -1.66. The Balaban J connectivity index is 3.33. The summed E-state index contributed by atoms with van der Waals surface area (Å²) in [6, 6.07) is -0.539. The number of rotatable bonds is 78. The van der Waals surface area contributed by atoms with E-state index >= 15 is 0 Å². The zero-order valence-electron chi connectivity index (χ0n) is 60.7. The number of ether oxygens (including phenoxy) is 1. The van der Waals surface area contributed by atoms with Gasteiger partial charge in [0.15, 0.2) is 0 Å². The Morgan fingerprint density at radius 2 is 0.562 bits per heavy atom. The van der Waals surface area contributed by atoms with Crippen molar-refractivity contribution in [3.05, 3.63) is 24.3 Å². The number of esters is 1. The highest BCUT2D eigenvalue weighted by Gasteiger charge is 2.20. The van der Waals surface area contributed by atoms with E-state index in [-0.39, 0.29) is 18.5 Å². The predicted octanol–water partition coefficient (Wildman–Crippen LogP) is 27.2. The van der Waals surface area contributed by atoms with Crippen LogP contribution in [-0.2, 0) is 14.3 Å². The van der Waals surface area contributed by atoms with E-state index in [9.17, 15) is 19.8 Å². The smallest absolute Gasteiger partial charge is 0.305 e. The lowest BCUT2D eigenvalue weighted by Gasteiger charge is -2.22. The molecule has 0 aromatic heterocycles.